The minimum atomic E-state index is 0.278. The van der Waals surface area contributed by atoms with Crippen molar-refractivity contribution < 1.29 is 4.52 Å². The smallest absolute Gasteiger partial charge is 0.230 e. The second-order valence-corrected chi connectivity index (χ2v) is 6.49. The minimum absolute atomic E-state index is 0.278. The first-order chi connectivity index (χ1) is 11.8. The van der Waals surface area contributed by atoms with Crippen molar-refractivity contribution in [3.05, 3.63) is 47.4 Å². The van der Waals surface area contributed by atoms with Crippen molar-refractivity contribution in [1.82, 2.24) is 25.1 Å². The van der Waals surface area contributed by atoms with E-state index in [2.05, 4.69) is 45.9 Å². The fourth-order valence-corrected chi connectivity index (χ4v) is 3.30. The van der Waals surface area contributed by atoms with Crippen LogP contribution in [0.15, 0.2) is 46.0 Å². The summed E-state index contributed by atoms with van der Waals surface area (Å²) in [6.07, 6.45) is 10.6. The number of hydrogen-bond acceptors (Lipinski definition) is 7. The number of rotatable bonds is 3. The Morgan fingerprint density at radius 3 is 2.67 bits per heavy atom. The fraction of sp³-hybridized carbons (Fsp3) is 0.312. The van der Waals surface area contributed by atoms with Gasteiger partial charge in [0.2, 0.25) is 11.7 Å². The van der Waals surface area contributed by atoms with Crippen LogP contribution in [0.4, 0.5) is 5.82 Å². The minimum Gasteiger partial charge on any atom is -0.355 e. The van der Waals surface area contributed by atoms with E-state index in [1.54, 1.807) is 31.0 Å². The molecule has 24 heavy (non-hydrogen) atoms. The predicted molar refractivity (Wildman–Crippen MR) is 91.4 cm³/mol. The molecule has 8 heteroatoms. The van der Waals surface area contributed by atoms with Crippen LogP contribution in [0.3, 0.4) is 0 Å². The van der Waals surface area contributed by atoms with Crippen molar-refractivity contribution in [3.63, 3.8) is 0 Å². The van der Waals surface area contributed by atoms with Crippen LogP contribution in [-0.4, -0.2) is 38.2 Å². The zero-order valence-electron chi connectivity index (χ0n) is 12.8. The van der Waals surface area contributed by atoms with E-state index in [9.17, 15) is 0 Å². The van der Waals surface area contributed by atoms with Gasteiger partial charge in [0.1, 0.15) is 5.82 Å². The van der Waals surface area contributed by atoms with E-state index >= 15 is 0 Å². The Hall–Kier alpha value is -2.35. The molecule has 1 fully saturated rings. The molecule has 0 spiro atoms. The molecular formula is C16H15BrN6O. The Morgan fingerprint density at radius 1 is 1.08 bits per heavy atom. The van der Waals surface area contributed by atoms with E-state index in [1.165, 1.54) is 0 Å². The molecule has 0 atom stereocenters. The summed E-state index contributed by atoms with van der Waals surface area (Å²) in [4.78, 5) is 19.4. The number of nitrogens with zero attached hydrogens (tertiary/aromatic N) is 6. The van der Waals surface area contributed by atoms with E-state index < -0.39 is 0 Å². The van der Waals surface area contributed by atoms with Gasteiger partial charge in [-0.1, -0.05) is 5.16 Å². The monoisotopic (exact) mass is 386 g/mol. The first kappa shape index (κ1) is 15.2. The quantitative estimate of drug-likeness (QED) is 0.683. The maximum Gasteiger partial charge on any atom is 0.230 e. The molecule has 1 saturated heterocycles. The van der Waals surface area contributed by atoms with Gasteiger partial charge in [-0.25, -0.2) is 4.98 Å². The molecule has 1 aliphatic rings. The predicted octanol–water partition coefficient (Wildman–Crippen LogP) is 3.07. The standard InChI is InChI=1S/C16H15BrN6O/c17-13-9-18-4-1-12(13)15-21-16(24-22-15)11-2-7-23(8-3-11)14-10-19-5-6-20-14/h1,4-6,9-11H,2-3,7-8H2. The van der Waals surface area contributed by atoms with Gasteiger partial charge >= 0.3 is 0 Å². The van der Waals surface area contributed by atoms with Gasteiger partial charge in [0.25, 0.3) is 0 Å². The lowest BCUT2D eigenvalue weighted by Crippen LogP contribution is -2.33. The number of halogens is 1. The Morgan fingerprint density at radius 2 is 1.92 bits per heavy atom. The van der Waals surface area contributed by atoms with E-state index in [0.717, 1.165) is 41.8 Å². The molecule has 0 radical (unpaired) electrons. The number of piperidine rings is 1. The molecule has 0 N–H and O–H groups in total. The second-order valence-electron chi connectivity index (χ2n) is 5.64. The summed E-state index contributed by atoms with van der Waals surface area (Å²) >= 11 is 3.47. The van der Waals surface area contributed by atoms with E-state index in [4.69, 9.17) is 4.52 Å². The summed E-state index contributed by atoms with van der Waals surface area (Å²) in [6.45, 7) is 1.81. The number of pyridine rings is 1. The van der Waals surface area contributed by atoms with Crippen molar-refractivity contribution in [1.29, 1.82) is 0 Å². The Kier molecular flexibility index (Phi) is 4.20. The largest absolute Gasteiger partial charge is 0.355 e. The van der Waals surface area contributed by atoms with Crippen LogP contribution < -0.4 is 4.90 Å². The maximum absolute atomic E-state index is 5.51. The van der Waals surface area contributed by atoms with Gasteiger partial charge in [-0.2, -0.15) is 4.98 Å². The topological polar surface area (TPSA) is 80.8 Å². The Bertz CT molecular complexity index is 816. The van der Waals surface area contributed by atoms with E-state index in [0.29, 0.717) is 11.7 Å². The molecule has 1 aliphatic heterocycles. The van der Waals surface area contributed by atoms with Crippen LogP contribution in [-0.2, 0) is 0 Å². The highest BCUT2D eigenvalue weighted by atomic mass is 79.9. The summed E-state index contributed by atoms with van der Waals surface area (Å²) in [6, 6.07) is 1.87. The third-order valence-corrected chi connectivity index (χ3v) is 4.80. The third-order valence-electron chi connectivity index (χ3n) is 4.17. The summed E-state index contributed by atoms with van der Waals surface area (Å²) in [5, 5.41) is 4.12. The zero-order chi connectivity index (χ0) is 16.4. The van der Waals surface area contributed by atoms with Crippen LogP contribution in [0.25, 0.3) is 11.4 Å². The average molecular weight is 387 g/mol. The number of hydrogen-bond donors (Lipinski definition) is 0. The van der Waals surface area contributed by atoms with Crippen molar-refractivity contribution in [2.24, 2.45) is 0 Å². The summed E-state index contributed by atoms with van der Waals surface area (Å²) < 4.78 is 6.36. The molecule has 3 aromatic heterocycles. The normalized spacial score (nSPS) is 15.6. The molecule has 4 rings (SSSR count). The molecule has 0 aromatic carbocycles. The molecule has 0 unspecified atom stereocenters. The zero-order valence-corrected chi connectivity index (χ0v) is 14.4. The lowest BCUT2D eigenvalue weighted by Gasteiger charge is -2.30. The molecule has 4 heterocycles. The van der Waals surface area contributed by atoms with Crippen molar-refractivity contribution in [2.45, 2.75) is 18.8 Å². The SMILES string of the molecule is Brc1cnccc1-c1noc(C2CCN(c3cnccn3)CC2)n1. The highest BCUT2D eigenvalue weighted by Gasteiger charge is 2.26. The molecule has 7 nitrogen and oxygen atoms in total. The third kappa shape index (κ3) is 3.01. The van der Waals surface area contributed by atoms with Crippen LogP contribution in [0.1, 0.15) is 24.7 Å². The molecular weight excluding hydrogens is 372 g/mol. The first-order valence-electron chi connectivity index (χ1n) is 7.76. The highest BCUT2D eigenvalue weighted by Crippen LogP contribution is 2.31. The van der Waals surface area contributed by atoms with Gasteiger partial charge in [0.15, 0.2) is 0 Å². The molecule has 0 saturated carbocycles. The van der Waals surface area contributed by atoms with Gasteiger partial charge < -0.3 is 9.42 Å². The van der Waals surface area contributed by atoms with Gasteiger partial charge in [-0.05, 0) is 34.8 Å². The maximum atomic E-state index is 5.51. The van der Waals surface area contributed by atoms with Crippen molar-refractivity contribution in [3.8, 4) is 11.4 Å². The van der Waals surface area contributed by atoms with Crippen LogP contribution in [0, 0.1) is 0 Å². The number of aromatic nitrogens is 5. The lowest BCUT2D eigenvalue weighted by molar-refractivity contribution is 0.329. The summed E-state index contributed by atoms with van der Waals surface area (Å²) in [5.74, 6) is 2.49. The molecule has 0 bridgehead atoms. The lowest BCUT2D eigenvalue weighted by atomic mass is 9.97. The van der Waals surface area contributed by atoms with E-state index in [1.807, 2.05) is 6.07 Å². The number of anilines is 1. The Balaban J connectivity index is 1.46. The van der Waals surface area contributed by atoms with E-state index in [-0.39, 0.29) is 5.92 Å². The first-order valence-corrected chi connectivity index (χ1v) is 8.55. The fourth-order valence-electron chi connectivity index (χ4n) is 2.88. The molecule has 3 aromatic rings. The second kappa shape index (κ2) is 6.64. The van der Waals surface area contributed by atoms with Crippen molar-refractivity contribution >= 4 is 21.7 Å². The van der Waals surface area contributed by atoms with Gasteiger partial charge in [0, 0.05) is 53.8 Å². The molecule has 0 amide bonds. The van der Waals surface area contributed by atoms with Gasteiger partial charge in [-0.3, -0.25) is 9.97 Å². The van der Waals surface area contributed by atoms with Crippen LogP contribution >= 0.6 is 15.9 Å². The average Bonchev–Trinajstić information content (AvgIpc) is 3.13. The van der Waals surface area contributed by atoms with Crippen LogP contribution in [0.2, 0.25) is 0 Å². The summed E-state index contributed by atoms with van der Waals surface area (Å²) in [7, 11) is 0. The van der Waals surface area contributed by atoms with Gasteiger partial charge in [0.05, 0.1) is 6.20 Å². The Labute approximate surface area is 147 Å². The summed E-state index contributed by atoms with van der Waals surface area (Å²) in [5.41, 5.74) is 0.886. The molecule has 122 valence electrons. The van der Waals surface area contributed by atoms with Gasteiger partial charge in [-0.15, -0.1) is 0 Å². The molecule has 0 aliphatic carbocycles. The van der Waals surface area contributed by atoms with Crippen LogP contribution in [0.5, 0.6) is 0 Å². The highest BCUT2D eigenvalue weighted by molar-refractivity contribution is 9.10. The van der Waals surface area contributed by atoms with Crippen molar-refractivity contribution in [2.75, 3.05) is 18.0 Å².